The Morgan fingerprint density at radius 1 is 1.23 bits per heavy atom. The fraction of sp³-hybridized carbons (Fsp3) is 0.200. The number of nitro groups is 1. The second kappa shape index (κ2) is 7.86. The van der Waals surface area contributed by atoms with Crippen LogP contribution in [0.3, 0.4) is 0 Å². The van der Waals surface area contributed by atoms with Gasteiger partial charge in [0.15, 0.2) is 11.5 Å². The minimum Gasteiger partial charge on any atom is -0.868 e. The Balaban J connectivity index is 1.59. The van der Waals surface area contributed by atoms with Crippen LogP contribution in [0.2, 0.25) is 0 Å². The van der Waals surface area contributed by atoms with Gasteiger partial charge in [-0.15, -0.1) is 0 Å². The van der Waals surface area contributed by atoms with Gasteiger partial charge in [0.1, 0.15) is 6.61 Å². The molecule has 0 unspecified atom stereocenters. The van der Waals surface area contributed by atoms with Gasteiger partial charge in [0.25, 0.3) is 5.69 Å². The molecule has 0 aliphatic carbocycles. The normalized spacial score (nSPS) is 17.1. The minimum atomic E-state index is -1.03. The number of nitrogens with zero attached hydrogens (tertiary/aromatic N) is 1. The number of carbonyl (C=O) groups is 2. The van der Waals surface area contributed by atoms with Crippen molar-refractivity contribution in [2.45, 2.75) is 19.6 Å². The molecule has 0 radical (unpaired) electrons. The van der Waals surface area contributed by atoms with Crippen molar-refractivity contribution in [1.82, 2.24) is 10.6 Å². The molecule has 2 heterocycles. The average Bonchev–Trinajstić information content (AvgIpc) is 3.19. The molecule has 31 heavy (non-hydrogen) atoms. The molecule has 0 bridgehead atoms. The molecular formula is C20H16N3O8-. The summed E-state index contributed by atoms with van der Waals surface area (Å²) in [6.45, 7) is 1.55. The smallest absolute Gasteiger partial charge is 0.338 e. The summed E-state index contributed by atoms with van der Waals surface area (Å²) in [5.74, 6) is -0.377. The number of nitrogens with one attached hydrogen (secondary N) is 2. The summed E-state index contributed by atoms with van der Waals surface area (Å²) in [6, 6.07) is 6.86. The van der Waals surface area contributed by atoms with E-state index in [2.05, 4.69) is 10.6 Å². The van der Waals surface area contributed by atoms with Crippen LogP contribution >= 0.6 is 0 Å². The molecule has 2 N–H and O–H groups in total. The van der Waals surface area contributed by atoms with Crippen molar-refractivity contribution in [1.29, 1.82) is 0 Å². The lowest BCUT2D eigenvalue weighted by Gasteiger charge is -2.28. The lowest BCUT2D eigenvalue weighted by molar-refractivity contribution is -0.398. The summed E-state index contributed by atoms with van der Waals surface area (Å²) < 4.78 is 15.9. The fourth-order valence-corrected chi connectivity index (χ4v) is 3.33. The number of fused-ring (bicyclic) bond motifs is 1. The molecule has 0 spiro atoms. The monoisotopic (exact) mass is 426 g/mol. The Morgan fingerprint density at radius 3 is 2.77 bits per heavy atom. The molecule has 0 saturated carbocycles. The van der Waals surface area contributed by atoms with Crippen LogP contribution in [0.15, 0.2) is 47.7 Å². The number of rotatable bonds is 5. The quantitative estimate of drug-likeness (QED) is 0.417. The predicted octanol–water partition coefficient (Wildman–Crippen LogP) is 1.77. The van der Waals surface area contributed by atoms with Gasteiger partial charge in [0.05, 0.1) is 16.5 Å². The van der Waals surface area contributed by atoms with Gasteiger partial charge >= 0.3 is 12.0 Å². The van der Waals surface area contributed by atoms with Gasteiger partial charge in [-0.3, -0.25) is 10.1 Å². The van der Waals surface area contributed by atoms with Crippen molar-refractivity contribution >= 4 is 17.7 Å². The highest BCUT2D eigenvalue weighted by molar-refractivity contribution is 5.95. The van der Waals surface area contributed by atoms with Gasteiger partial charge in [-0.05, 0) is 35.9 Å². The SMILES string of the molecule is CC1=C(C(=O)OCc2ccc3c(c2)OCO3)[C@@H](c2ccc([O-])c([N+](=O)[O-])c2)NC(=O)N1. The molecule has 2 aromatic carbocycles. The predicted molar refractivity (Wildman–Crippen MR) is 102 cm³/mol. The Kier molecular flexibility index (Phi) is 5.07. The van der Waals surface area contributed by atoms with Crippen LogP contribution in [0.1, 0.15) is 24.1 Å². The van der Waals surface area contributed by atoms with E-state index in [1.807, 2.05) is 0 Å². The third-order valence-electron chi connectivity index (χ3n) is 4.81. The number of ether oxygens (including phenoxy) is 3. The summed E-state index contributed by atoms with van der Waals surface area (Å²) in [6.07, 6.45) is 0. The molecule has 11 nitrogen and oxygen atoms in total. The molecule has 1 atom stereocenters. The topological polar surface area (TPSA) is 152 Å². The van der Waals surface area contributed by atoms with Crippen molar-refractivity contribution in [3.05, 3.63) is 68.9 Å². The summed E-state index contributed by atoms with van der Waals surface area (Å²) in [7, 11) is 0. The molecule has 2 aromatic rings. The van der Waals surface area contributed by atoms with E-state index in [0.29, 0.717) is 17.1 Å². The van der Waals surface area contributed by atoms with Crippen molar-refractivity contribution in [2.75, 3.05) is 6.79 Å². The first kappa shape index (κ1) is 20.0. The van der Waals surface area contributed by atoms with Crippen LogP contribution in [0.5, 0.6) is 17.2 Å². The average molecular weight is 426 g/mol. The summed E-state index contributed by atoms with van der Waals surface area (Å²) in [5.41, 5.74) is 0.504. The maximum atomic E-state index is 12.9. The van der Waals surface area contributed by atoms with Crippen LogP contribution in [-0.4, -0.2) is 23.7 Å². The number of nitro benzene ring substituents is 1. The number of esters is 1. The summed E-state index contributed by atoms with van der Waals surface area (Å²) in [4.78, 5) is 35.1. The molecule has 11 heteroatoms. The van der Waals surface area contributed by atoms with Gasteiger partial charge in [-0.25, -0.2) is 9.59 Å². The van der Waals surface area contributed by atoms with E-state index < -0.39 is 34.4 Å². The van der Waals surface area contributed by atoms with Crippen LogP contribution < -0.4 is 25.2 Å². The highest BCUT2D eigenvalue weighted by atomic mass is 16.7. The number of hydrogen-bond donors (Lipinski definition) is 2. The van der Waals surface area contributed by atoms with Gasteiger partial charge in [0.2, 0.25) is 6.79 Å². The zero-order valence-electron chi connectivity index (χ0n) is 16.2. The Morgan fingerprint density at radius 2 is 2.00 bits per heavy atom. The fourth-order valence-electron chi connectivity index (χ4n) is 3.33. The zero-order chi connectivity index (χ0) is 22.1. The molecule has 4 rings (SSSR count). The van der Waals surface area contributed by atoms with E-state index in [9.17, 15) is 24.8 Å². The molecule has 0 saturated heterocycles. The number of allylic oxidation sites excluding steroid dienone is 1. The van der Waals surface area contributed by atoms with Gasteiger partial charge < -0.3 is 30.0 Å². The molecule has 2 amide bonds. The van der Waals surface area contributed by atoms with Gasteiger partial charge in [0, 0.05) is 11.8 Å². The van der Waals surface area contributed by atoms with Crippen molar-refractivity contribution in [2.24, 2.45) is 0 Å². The maximum Gasteiger partial charge on any atom is 0.338 e. The van der Waals surface area contributed by atoms with Gasteiger partial charge in [-0.2, -0.15) is 0 Å². The first-order chi connectivity index (χ1) is 14.8. The first-order valence-electron chi connectivity index (χ1n) is 9.13. The Labute approximate surface area is 175 Å². The Hall–Kier alpha value is -4.28. The highest BCUT2D eigenvalue weighted by Crippen LogP contribution is 2.34. The van der Waals surface area contributed by atoms with Crippen LogP contribution in [0.4, 0.5) is 10.5 Å². The molecule has 0 aromatic heterocycles. The number of benzene rings is 2. The molecular weight excluding hydrogens is 410 g/mol. The number of urea groups is 1. The van der Waals surface area contributed by atoms with E-state index in [-0.39, 0.29) is 30.2 Å². The minimum absolute atomic E-state index is 0.0632. The Bertz CT molecular complexity index is 1130. The standard InChI is InChI=1S/C20H17N3O8/c1-10-17(19(25)29-8-11-2-5-15-16(6-11)31-9-30-15)18(22-20(26)21-10)12-3-4-14(24)13(7-12)23(27)28/h2-7,18,24H,8-9H2,1H3,(H2,21,22,26)/p-1/t18-/m1/s1. The third-order valence-corrected chi connectivity index (χ3v) is 4.81. The summed E-state index contributed by atoms with van der Waals surface area (Å²) in [5, 5.41) is 27.9. The van der Waals surface area contributed by atoms with Crippen molar-refractivity contribution < 1.29 is 33.8 Å². The van der Waals surface area contributed by atoms with E-state index in [1.54, 1.807) is 18.2 Å². The second-order valence-corrected chi connectivity index (χ2v) is 6.82. The second-order valence-electron chi connectivity index (χ2n) is 6.82. The molecule has 160 valence electrons. The molecule has 2 aliphatic heterocycles. The van der Waals surface area contributed by atoms with Gasteiger partial charge in [-0.1, -0.05) is 18.2 Å². The van der Waals surface area contributed by atoms with Crippen LogP contribution in [-0.2, 0) is 16.1 Å². The van der Waals surface area contributed by atoms with Crippen LogP contribution in [0.25, 0.3) is 0 Å². The van der Waals surface area contributed by atoms with E-state index in [4.69, 9.17) is 14.2 Å². The largest absolute Gasteiger partial charge is 0.868 e. The number of amides is 2. The van der Waals surface area contributed by atoms with Crippen molar-refractivity contribution in [3.63, 3.8) is 0 Å². The number of carbonyl (C=O) groups excluding carboxylic acids is 2. The lowest BCUT2D eigenvalue weighted by atomic mass is 9.95. The van der Waals surface area contributed by atoms with Crippen molar-refractivity contribution in [3.8, 4) is 17.2 Å². The molecule has 0 fully saturated rings. The number of hydrogen-bond acceptors (Lipinski definition) is 8. The third kappa shape index (κ3) is 3.92. The van der Waals surface area contributed by atoms with Crippen LogP contribution in [0, 0.1) is 10.1 Å². The van der Waals surface area contributed by atoms with E-state index in [1.165, 1.54) is 13.0 Å². The molecule has 2 aliphatic rings. The first-order valence-corrected chi connectivity index (χ1v) is 9.13. The van der Waals surface area contributed by atoms with E-state index >= 15 is 0 Å². The van der Waals surface area contributed by atoms with E-state index in [0.717, 1.165) is 12.1 Å². The summed E-state index contributed by atoms with van der Waals surface area (Å²) >= 11 is 0. The lowest BCUT2D eigenvalue weighted by Crippen LogP contribution is -2.45. The maximum absolute atomic E-state index is 12.9. The zero-order valence-corrected chi connectivity index (χ0v) is 16.2. The highest BCUT2D eigenvalue weighted by Gasteiger charge is 2.33.